The van der Waals surface area contributed by atoms with Crippen molar-refractivity contribution in [2.75, 3.05) is 0 Å². The first kappa shape index (κ1) is 14.6. The molecule has 0 aliphatic rings. The van der Waals surface area contributed by atoms with Gasteiger partial charge in [-0.2, -0.15) is 5.10 Å². The van der Waals surface area contributed by atoms with Crippen LogP contribution in [0.3, 0.4) is 0 Å². The Labute approximate surface area is 132 Å². The van der Waals surface area contributed by atoms with Crippen LogP contribution in [0.2, 0.25) is 5.02 Å². The molecule has 0 fully saturated rings. The highest BCUT2D eigenvalue weighted by Gasteiger charge is 2.18. The summed E-state index contributed by atoms with van der Waals surface area (Å²) < 4.78 is 1.49. The summed E-state index contributed by atoms with van der Waals surface area (Å²) in [5.41, 5.74) is 3.87. The van der Waals surface area contributed by atoms with Crippen molar-refractivity contribution in [3.05, 3.63) is 46.0 Å². The maximum Gasteiger partial charge on any atom is 0.271 e. The summed E-state index contributed by atoms with van der Waals surface area (Å²) in [5, 5.41) is 7.39. The fraction of sp³-hybridized carbons (Fsp3) is 0.267. The number of hydrogen-bond acceptors (Lipinski definition) is 3. The Balaban J connectivity index is 1.77. The van der Waals surface area contributed by atoms with E-state index < -0.39 is 0 Å². The number of benzene rings is 1. The minimum absolute atomic E-state index is 0.242. The number of imidazole rings is 1. The van der Waals surface area contributed by atoms with Crippen LogP contribution in [0.25, 0.3) is 11.0 Å². The van der Waals surface area contributed by atoms with E-state index in [2.05, 4.69) is 20.4 Å². The smallest absolute Gasteiger partial charge is 0.271 e. The molecule has 2 N–H and O–H groups in total. The van der Waals surface area contributed by atoms with Gasteiger partial charge in [-0.1, -0.05) is 17.7 Å². The molecule has 1 aromatic carbocycles. The summed E-state index contributed by atoms with van der Waals surface area (Å²) in [7, 11) is 1.70. The van der Waals surface area contributed by atoms with Crippen LogP contribution in [0, 0.1) is 13.8 Å². The van der Waals surface area contributed by atoms with Crippen LogP contribution >= 0.6 is 11.6 Å². The van der Waals surface area contributed by atoms with Crippen LogP contribution < -0.4 is 5.32 Å². The van der Waals surface area contributed by atoms with E-state index in [-0.39, 0.29) is 5.91 Å². The second-order valence-corrected chi connectivity index (χ2v) is 5.61. The van der Waals surface area contributed by atoms with E-state index >= 15 is 0 Å². The van der Waals surface area contributed by atoms with Gasteiger partial charge in [-0.3, -0.25) is 9.48 Å². The van der Waals surface area contributed by atoms with Crippen LogP contribution in [0.4, 0.5) is 0 Å². The van der Waals surface area contributed by atoms with Crippen molar-refractivity contribution in [2.45, 2.75) is 20.4 Å². The van der Waals surface area contributed by atoms with Gasteiger partial charge >= 0.3 is 0 Å². The molecule has 0 bridgehead atoms. The van der Waals surface area contributed by atoms with Crippen molar-refractivity contribution < 1.29 is 4.79 Å². The fourth-order valence-corrected chi connectivity index (χ4v) is 2.69. The number of rotatable bonds is 3. The number of nitrogens with zero attached hydrogens (tertiary/aromatic N) is 3. The Morgan fingerprint density at radius 2 is 2.18 bits per heavy atom. The van der Waals surface area contributed by atoms with Crippen LogP contribution in [-0.4, -0.2) is 25.7 Å². The molecule has 0 aliphatic heterocycles. The number of fused-ring (bicyclic) bond motifs is 1. The predicted octanol–water partition coefficient (Wildman–Crippen LogP) is 2.50. The molecule has 2 aromatic heterocycles. The van der Waals surface area contributed by atoms with E-state index in [0.29, 0.717) is 23.0 Å². The quantitative estimate of drug-likeness (QED) is 0.779. The molecule has 3 rings (SSSR count). The maximum atomic E-state index is 12.3. The molecule has 6 nitrogen and oxygen atoms in total. The molecule has 0 radical (unpaired) electrons. The summed E-state index contributed by atoms with van der Waals surface area (Å²) >= 11 is 6.11. The first-order chi connectivity index (χ1) is 10.5. The number of aromatic amines is 1. The third-order valence-electron chi connectivity index (χ3n) is 3.48. The van der Waals surface area contributed by atoms with Crippen molar-refractivity contribution in [3.8, 4) is 0 Å². The first-order valence-electron chi connectivity index (χ1n) is 6.88. The maximum absolute atomic E-state index is 12.3. The van der Waals surface area contributed by atoms with E-state index in [4.69, 9.17) is 11.6 Å². The minimum Gasteiger partial charge on any atom is -0.347 e. The zero-order valence-corrected chi connectivity index (χ0v) is 13.3. The van der Waals surface area contributed by atoms with E-state index in [1.807, 2.05) is 25.1 Å². The number of aryl methyl sites for hydroxylation is 3. The topological polar surface area (TPSA) is 75.6 Å². The van der Waals surface area contributed by atoms with Gasteiger partial charge in [-0.05, 0) is 31.5 Å². The first-order valence-corrected chi connectivity index (χ1v) is 7.26. The van der Waals surface area contributed by atoms with Gasteiger partial charge in [-0.25, -0.2) is 4.98 Å². The summed E-state index contributed by atoms with van der Waals surface area (Å²) in [5.74, 6) is 0.627. The molecule has 0 unspecified atom stereocenters. The lowest BCUT2D eigenvalue weighted by Crippen LogP contribution is -2.25. The molecule has 0 atom stereocenters. The molecular formula is C15H16ClN5O. The van der Waals surface area contributed by atoms with Gasteiger partial charge < -0.3 is 10.3 Å². The molecular weight excluding hydrogens is 302 g/mol. The lowest BCUT2D eigenvalue weighted by Gasteiger charge is -2.06. The largest absolute Gasteiger partial charge is 0.347 e. The highest BCUT2D eigenvalue weighted by atomic mass is 35.5. The summed E-state index contributed by atoms with van der Waals surface area (Å²) in [6.07, 6.45) is 0. The number of H-pyrrole nitrogens is 1. The Bertz CT molecular complexity index is 864. The molecule has 0 saturated heterocycles. The van der Waals surface area contributed by atoms with E-state index in [9.17, 15) is 4.79 Å². The molecule has 1 amide bonds. The standard InChI is InChI=1S/C15H16ClN5O/c1-8-13(16)14(21(3)20-8)15(22)17-7-10-4-5-11-12(6-10)19-9(2)18-11/h4-6H,7H2,1-3H3,(H,17,22)(H,18,19). The van der Waals surface area contributed by atoms with Crippen molar-refractivity contribution in [1.29, 1.82) is 0 Å². The highest BCUT2D eigenvalue weighted by molar-refractivity contribution is 6.34. The fourth-order valence-electron chi connectivity index (χ4n) is 2.44. The zero-order valence-electron chi connectivity index (χ0n) is 12.6. The molecule has 2 heterocycles. The number of aromatic nitrogens is 4. The van der Waals surface area contributed by atoms with Gasteiger partial charge in [0.2, 0.25) is 0 Å². The predicted molar refractivity (Wildman–Crippen MR) is 85.0 cm³/mol. The molecule has 3 aromatic rings. The van der Waals surface area contributed by atoms with Gasteiger partial charge in [0.05, 0.1) is 21.7 Å². The molecule has 114 valence electrons. The zero-order chi connectivity index (χ0) is 15.9. The van der Waals surface area contributed by atoms with Gasteiger partial charge in [0.15, 0.2) is 0 Å². The number of carbonyl (C=O) groups is 1. The summed E-state index contributed by atoms with van der Waals surface area (Å²) in [6.45, 7) is 4.09. The molecule has 0 aliphatic carbocycles. The van der Waals surface area contributed by atoms with Crippen LogP contribution in [0.5, 0.6) is 0 Å². The van der Waals surface area contributed by atoms with Crippen molar-refractivity contribution >= 4 is 28.5 Å². The van der Waals surface area contributed by atoms with Crippen molar-refractivity contribution in [1.82, 2.24) is 25.1 Å². The third kappa shape index (κ3) is 2.57. The normalized spacial score (nSPS) is 11.1. The van der Waals surface area contributed by atoms with Crippen LogP contribution in [-0.2, 0) is 13.6 Å². The van der Waals surface area contributed by atoms with Gasteiger partial charge in [0, 0.05) is 13.6 Å². The second kappa shape index (κ2) is 5.46. The number of halogens is 1. The van der Waals surface area contributed by atoms with Crippen molar-refractivity contribution in [2.24, 2.45) is 7.05 Å². The van der Waals surface area contributed by atoms with E-state index in [1.54, 1.807) is 14.0 Å². The average molecular weight is 318 g/mol. The highest BCUT2D eigenvalue weighted by Crippen LogP contribution is 2.19. The van der Waals surface area contributed by atoms with Crippen LogP contribution in [0.1, 0.15) is 27.6 Å². The molecule has 22 heavy (non-hydrogen) atoms. The summed E-state index contributed by atoms with van der Waals surface area (Å²) in [6, 6.07) is 5.85. The molecule has 7 heteroatoms. The van der Waals surface area contributed by atoms with Crippen molar-refractivity contribution in [3.63, 3.8) is 0 Å². The van der Waals surface area contributed by atoms with Gasteiger partial charge in [0.1, 0.15) is 11.5 Å². The monoisotopic (exact) mass is 317 g/mol. The van der Waals surface area contributed by atoms with E-state index in [1.165, 1.54) is 4.68 Å². The molecule has 0 spiro atoms. The average Bonchev–Trinajstić information content (AvgIpc) is 2.95. The Morgan fingerprint density at radius 1 is 1.41 bits per heavy atom. The lowest BCUT2D eigenvalue weighted by atomic mass is 10.2. The van der Waals surface area contributed by atoms with Crippen LogP contribution in [0.15, 0.2) is 18.2 Å². The Hall–Kier alpha value is -2.34. The lowest BCUT2D eigenvalue weighted by molar-refractivity contribution is 0.0941. The summed E-state index contributed by atoms with van der Waals surface area (Å²) in [4.78, 5) is 19.8. The second-order valence-electron chi connectivity index (χ2n) is 5.23. The number of carbonyl (C=O) groups excluding carboxylic acids is 1. The van der Waals surface area contributed by atoms with Gasteiger partial charge in [0.25, 0.3) is 5.91 Å². The minimum atomic E-state index is -0.242. The number of nitrogens with one attached hydrogen (secondary N) is 2. The Kier molecular flexibility index (Phi) is 3.62. The van der Waals surface area contributed by atoms with E-state index in [0.717, 1.165) is 22.4 Å². The third-order valence-corrected chi connectivity index (χ3v) is 3.93. The Morgan fingerprint density at radius 3 is 2.86 bits per heavy atom. The SMILES string of the molecule is Cc1nc2ccc(CNC(=O)c3c(Cl)c(C)nn3C)cc2[nH]1. The number of hydrogen-bond donors (Lipinski definition) is 2. The number of amides is 1. The molecule has 0 saturated carbocycles. The van der Waals surface area contributed by atoms with Gasteiger partial charge in [-0.15, -0.1) is 0 Å².